The standard InChI is InChI=1S/C28H28F6N6O/c1-19(2)27(13-39-17-35-16-37-39,23-10-7-21(29)12-24(23)30)14-40-18-36-25(38-40)11-6-20-4-8-22(9-5-20)41-15-28(33,34)26(3,31)32/h4-12,16-19H,13-15H2,1-3H3/b11-6+/t27-/m0/s1. The van der Waals surface area contributed by atoms with Gasteiger partial charge >= 0.3 is 11.8 Å². The molecule has 0 saturated carbocycles. The molecule has 0 radical (unpaired) electrons. The quantitative estimate of drug-likeness (QED) is 0.185. The lowest BCUT2D eigenvalue weighted by Gasteiger charge is -2.38. The second-order valence-corrected chi connectivity index (χ2v) is 10.1. The summed E-state index contributed by atoms with van der Waals surface area (Å²) in [6.07, 6.45) is 7.69. The fourth-order valence-electron chi connectivity index (χ4n) is 4.29. The van der Waals surface area contributed by atoms with Crippen LogP contribution in [0.4, 0.5) is 26.3 Å². The lowest BCUT2D eigenvalue weighted by molar-refractivity contribution is -0.211. The first kappa shape index (κ1) is 29.8. The molecule has 0 saturated heterocycles. The van der Waals surface area contributed by atoms with Crippen LogP contribution in [0.1, 0.15) is 37.7 Å². The number of aromatic nitrogens is 6. The summed E-state index contributed by atoms with van der Waals surface area (Å²) in [7, 11) is 0. The van der Waals surface area contributed by atoms with Gasteiger partial charge < -0.3 is 4.74 Å². The molecule has 13 heteroatoms. The third kappa shape index (κ3) is 6.95. The lowest BCUT2D eigenvalue weighted by Crippen LogP contribution is -2.42. The van der Waals surface area contributed by atoms with E-state index in [1.54, 1.807) is 33.6 Å². The molecule has 0 bridgehead atoms. The Balaban J connectivity index is 1.51. The molecule has 0 fully saturated rings. The fraction of sp³-hybridized carbons (Fsp3) is 0.357. The molecule has 0 aliphatic rings. The summed E-state index contributed by atoms with van der Waals surface area (Å²) in [6, 6.07) is 9.38. The van der Waals surface area contributed by atoms with Gasteiger partial charge in [-0.3, -0.25) is 9.36 Å². The van der Waals surface area contributed by atoms with Crippen molar-refractivity contribution < 1.29 is 31.1 Å². The van der Waals surface area contributed by atoms with Crippen LogP contribution in [0.5, 0.6) is 5.75 Å². The molecule has 0 aliphatic carbocycles. The topological polar surface area (TPSA) is 70.7 Å². The van der Waals surface area contributed by atoms with Gasteiger partial charge in [-0.15, -0.1) is 0 Å². The van der Waals surface area contributed by atoms with E-state index in [1.165, 1.54) is 43.2 Å². The molecule has 218 valence electrons. The van der Waals surface area contributed by atoms with Crippen LogP contribution in [-0.4, -0.2) is 48.0 Å². The first-order chi connectivity index (χ1) is 19.3. The maximum atomic E-state index is 15.1. The number of alkyl halides is 4. The summed E-state index contributed by atoms with van der Waals surface area (Å²) in [5, 5.41) is 8.67. The Morgan fingerprint density at radius 3 is 2.24 bits per heavy atom. The van der Waals surface area contributed by atoms with E-state index >= 15 is 4.39 Å². The third-order valence-electron chi connectivity index (χ3n) is 6.85. The molecule has 4 aromatic rings. The highest BCUT2D eigenvalue weighted by Crippen LogP contribution is 2.38. The maximum absolute atomic E-state index is 15.1. The lowest BCUT2D eigenvalue weighted by atomic mass is 9.71. The number of ether oxygens (including phenoxy) is 1. The predicted octanol–water partition coefficient (Wildman–Crippen LogP) is 6.28. The van der Waals surface area contributed by atoms with Crippen molar-refractivity contribution in [3.05, 3.63) is 90.0 Å². The van der Waals surface area contributed by atoms with E-state index in [1.807, 2.05) is 13.8 Å². The minimum Gasteiger partial charge on any atom is -0.487 e. The average Bonchev–Trinajstić information content (AvgIpc) is 3.58. The van der Waals surface area contributed by atoms with Crippen LogP contribution in [0, 0.1) is 17.6 Å². The highest BCUT2D eigenvalue weighted by Gasteiger charge is 2.53. The molecule has 0 amide bonds. The van der Waals surface area contributed by atoms with Crippen LogP contribution in [-0.2, 0) is 18.5 Å². The molecule has 1 atom stereocenters. The van der Waals surface area contributed by atoms with Crippen molar-refractivity contribution in [2.45, 2.75) is 51.1 Å². The van der Waals surface area contributed by atoms with E-state index < -0.39 is 35.5 Å². The molecule has 0 N–H and O–H groups in total. The van der Waals surface area contributed by atoms with Gasteiger partial charge in [0.1, 0.15) is 36.4 Å². The summed E-state index contributed by atoms with van der Waals surface area (Å²) in [5.74, 6) is -9.66. The average molecular weight is 579 g/mol. The second-order valence-electron chi connectivity index (χ2n) is 10.1. The Morgan fingerprint density at radius 2 is 1.63 bits per heavy atom. The Bertz CT molecular complexity index is 1460. The van der Waals surface area contributed by atoms with Crippen LogP contribution < -0.4 is 4.74 Å². The van der Waals surface area contributed by atoms with Gasteiger partial charge in [-0.05, 0) is 41.3 Å². The molecular formula is C28H28F6N6O. The van der Waals surface area contributed by atoms with Crippen molar-refractivity contribution in [3.63, 3.8) is 0 Å². The smallest absolute Gasteiger partial charge is 0.342 e. The molecule has 2 aromatic heterocycles. The Labute approximate surface area is 232 Å². The summed E-state index contributed by atoms with van der Waals surface area (Å²) >= 11 is 0. The zero-order valence-electron chi connectivity index (χ0n) is 22.5. The maximum Gasteiger partial charge on any atom is 0.342 e. The third-order valence-corrected chi connectivity index (χ3v) is 6.85. The van der Waals surface area contributed by atoms with E-state index in [0.717, 1.165) is 6.07 Å². The second kappa shape index (κ2) is 11.8. The highest BCUT2D eigenvalue weighted by atomic mass is 19.3. The van der Waals surface area contributed by atoms with Gasteiger partial charge in [0.05, 0.1) is 13.1 Å². The number of rotatable bonds is 12. The van der Waals surface area contributed by atoms with Gasteiger partial charge in [0.25, 0.3) is 0 Å². The molecule has 7 nitrogen and oxygen atoms in total. The van der Waals surface area contributed by atoms with E-state index in [2.05, 4.69) is 20.2 Å². The van der Waals surface area contributed by atoms with Crippen molar-refractivity contribution >= 4 is 12.2 Å². The monoisotopic (exact) mass is 578 g/mol. The summed E-state index contributed by atoms with van der Waals surface area (Å²) < 4.78 is 89.7. The fourth-order valence-corrected chi connectivity index (χ4v) is 4.29. The largest absolute Gasteiger partial charge is 0.487 e. The van der Waals surface area contributed by atoms with E-state index in [-0.39, 0.29) is 31.7 Å². The molecule has 0 aliphatic heterocycles. The van der Waals surface area contributed by atoms with Crippen LogP contribution >= 0.6 is 0 Å². The zero-order chi connectivity index (χ0) is 29.8. The minimum atomic E-state index is -4.30. The Kier molecular flexibility index (Phi) is 8.55. The van der Waals surface area contributed by atoms with Crippen molar-refractivity contribution in [3.8, 4) is 5.75 Å². The molecule has 0 spiro atoms. The van der Waals surface area contributed by atoms with Gasteiger partial charge in [-0.1, -0.05) is 38.1 Å². The Morgan fingerprint density at radius 1 is 0.927 bits per heavy atom. The highest BCUT2D eigenvalue weighted by molar-refractivity contribution is 5.66. The first-order valence-corrected chi connectivity index (χ1v) is 12.6. The van der Waals surface area contributed by atoms with Gasteiger partial charge in [0.2, 0.25) is 0 Å². The van der Waals surface area contributed by atoms with Crippen LogP contribution in [0.25, 0.3) is 12.2 Å². The normalized spacial score (nSPS) is 14.1. The number of halogens is 6. The zero-order valence-corrected chi connectivity index (χ0v) is 22.5. The van der Waals surface area contributed by atoms with Crippen molar-refractivity contribution in [1.82, 2.24) is 29.5 Å². The van der Waals surface area contributed by atoms with E-state index in [9.17, 15) is 22.0 Å². The molecular weight excluding hydrogens is 550 g/mol. The van der Waals surface area contributed by atoms with Crippen LogP contribution in [0.15, 0.2) is 61.4 Å². The number of hydrogen-bond acceptors (Lipinski definition) is 5. The summed E-state index contributed by atoms with van der Waals surface area (Å²) in [5.41, 5.74) is 0.0613. The molecule has 2 heterocycles. The van der Waals surface area contributed by atoms with Crippen molar-refractivity contribution in [2.24, 2.45) is 5.92 Å². The van der Waals surface area contributed by atoms with Gasteiger partial charge in [-0.25, -0.2) is 27.5 Å². The summed E-state index contributed by atoms with van der Waals surface area (Å²) in [4.78, 5) is 8.28. The van der Waals surface area contributed by atoms with Gasteiger partial charge in [0, 0.05) is 18.4 Å². The first-order valence-electron chi connectivity index (χ1n) is 12.6. The molecule has 2 aromatic carbocycles. The number of hydrogen-bond donors (Lipinski definition) is 0. The summed E-state index contributed by atoms with van der Waals surface area (Å²) in [6.45, 7) is 2.99. The van der Waals surface area contributed by atoms with Gasteiger partial charge in [-0.2, -0.15) is 19.0 Å². The number of nitrogens with zero attached hydrogens (tertiary/aromatic N) is 6. The van der Waals surface area contributed by atoms with Crippen molar-refractivity contribution in [2.75, 3.05) is 6.61 Å². The molecule has 4 rings (SSSR count). The van der Waals surface area contributed by atoms with Crippen LogP contribution in [0.3, 0.4) is 0 Å². The van der Waals surface area contributed by atoms with E-state index in [4.69, 9.17) is 4.74 Å². The van der Waals surface area contributed by atoms with E-state index in [0.29, 0.717) is 17.0 Å². The van der Waals surface area contributed by atoms with Gasteiger partial charge in [0.15, 0.2) is 12.4 Å². The minimum absolute atomic E-state index is 0.0129. The molecule has 41 heavy (non-hydrogen) atoms. The van der Waals surface area contributed by atoms with Crippen LogP contribution in [0.2, 0.25) is 0 Å². The Hall–Kier alpha value is -4.16. The SMILES string of the molecule is CC(C)[C@](Cn1cncn1)(Cn1cnc(/C=C/c2ccc(OCC(F)(F)C(C)(F)F)cc2)n1)c1ccc(F)cc1F. The predicted molar refractivity (Wildman–Crippen MR) is 139 cm³/mol. The molecule has 0 unspecified atom stereocenters. The van der Waals surface area contributed by atoms with Crippen molar-refractivity contribution in [1.29, 1.82) is 0 Å². The number of benzene rings is 2.